The Kier molecular flexibility index (Phi) is 3.57. The molecule has 0 bridgehead atoms. The first-order valence-corrected chi connectivity index (χ1v) is 8.00. The van der Waals surface area contributed by atoms with Crippen molar-refractivity contribution in [1.29, 1.82) is 0 Å². The summed E-state index contributed by atoms with van der Waals surface area (Å²) in [5.41, 5.74) is 5.34. The van der Waals surface area contributed by atoms with Gasteiger partial charge in [-0.2, -0.15) is 0 Å². The number of aromatic nitrogens is 1. The van der Waals surface area contributed by atoms with Crippen LogP contribution in [0.2, 0.25) is 0 Å². The van der Waals surface area contributed by atoms with Crippen LogP contribution >= 0.6 is 0 Å². The molecule has 0 aliphatic carbocycles. The predicted molar refractivity (Wildman–Crippen MR) is 92.6 cm³/mol. The molecule has 1 fully saturated rings. The van der Waals surface area contributed by atoms with Gasteiger partial charge in [0.25, 0.3) is 0 Å². The van der Waals surface area contributed by atoms with Gasteiger partial charge in [-0.3, -0.25) is 0 Å². The molecule has 112 valence electrons. The lowest BCUT2D eigenvalue weighted by Crippen LogP contribution is -2.43. The van der Waals surface area contributed by atoms with E-state index in [1.54, 1.807) is 0 Å². The molecule has 3 aromatic rings. The normalized spacial score (nSPS) is 15.4. The molecule has 1 aliphatic rings. The highest BCUT2D eigenvalue weighted by Gasteiger charge is 2.15. The van der Waals surface area contributed by atoms with Gasteiger partial charge in [-0.15, -0.1) is 0 Å². The lowest BCUT2D eigenvalue weighted by molar-refractivity contribution is 0.590. The molecule has 2 N–H and O–H groups in total. The molecule has 0 atom stereocenters. The summed E-state index contributed by atoms with van der Waals surface area (Å²) in [4.78, 5) is 5.99. The first-order chi connectivity index (χ1) is 10.9. The van der Waals surface area contributed by atoms with Crippen molar-refractivity contribution in [3.63, 3.8) is 0 Å². The molecule has 3 heteroatoms. The van der Waals surface area contributed by atoms with Crippen molar-refractivity contribution in [3.8, 4) is 0 Å². The van der Waals surface area contributed by atoms with E-state index in [0.717, 1.165) is 32.6 Å². The van der Waals surface area contributed by atoms with E-state index < -0.39 is 0 Å². The molecule has 0 radical (unpaired) electrons. The monoisotopic (exact) mass is 291 g/mol. The fraction of sp³-hybridized carbons (Fsp3) is 0.263. The average Bonchev–Trinajstić information content (AvgIpc) is 3.00. The number of rotatable bonds is 3. The maximum Gasteiger partial charge on any atom is 0.0694 e. The van der Waals surface area contributed by atoms with Gasteiger partial charge in [0.05, 0.1) is 11.2 Å². The van der Waals surface area contributed by atoms with Gasteiger partial charge in [0, 0.05) is 37.8 Å². The molecule has 2 heterocycles. The molecule has 1 saturated heterocycles. The van der Waals surface area contributed by atoms with Gasteiger partial charge in [0.1, 0.15) is 0 Å². The minimum Gasteiger partial charge on any atom is -0.367 e. The average molecular weight is 291 g/mol. The third-order valence-corrected chi connectivity index (χ3v) is 4.47. The van der Waals surface area contributed by atoms with Gasteiger partial charge in [0.2, 0.25) is 0 Å². The van der Waals surface area contributed by atoms with Gasteiger partial charge >= 0.3 is 0 Å². The number of hydrogen-bond donors (Lipinski definition) is 2. The molecule has 1 aromatic heterocycles. The number of hydrogen-bond acceptors (Lipinski definition) is 2. The number of nitrogens with zero attached hydrogens (tertiary/aromatic N) is 1. The Balaban J connectivity index is 1.70. The van der Waals surface area contributed by atoms with Crippen LogP contribution in [0.1, 0.15) is 11.1 Å². The van der Waals surface area contributed by atoms with Gasteiger partial charge in [-0.1, -0.05) is 42.5 Å². The van der Waals surface area contributed by atoms with Crippen LogP contribution in [0.25, 0.3) is 10.9 Å². The smallest absolute Gasteiger partial charge is 0.0694 e. The summed E-state index contributed by atoms with van der Waals surface area (Å²) in [5, 5.41) is 4.77. The van der Waals surface area contributed by atoms with E-state index in [-0.39, 0.29) is 0 Å². The lowest BCUT2D eigenvalue weighted by Gasteiger charge is -2.29. The van der Waals surface area contributed by atoms with Gasteiger partial charge < -0.3 is 15.2 Å². The summed E-state index contributed by atoms with van der Waals surface area (Å²) in [6.45, 7) is 4.28. The second-order valence-corrected chi connectivity index (χ2v) is 5.91. The van der Waals surface area contributed by atoms with E-state index in [0.29, 0.717) is 0 Å². The fourth-order valence-corrected chi connectivity index (χ4v) is 3.33. The van der Waals surface area contributed by atoms with Crippen LogP contribution in [0, 0.1) is 0 Å². The number of benzene rings is 2. The van der Waals surface area contributed by atoms with Crippen molar-refractivity contribution < 1.29 is 0 Å². The number of aromatic amines is 1. The van der Waals surface area contributed by atoms with E-state index in [1.165, 1.54) is 27.7 Å². The zero-order chi connectivity index (χ0) is 14.8. The Hall–Kier alpha value is -2.26. The number of H-pyrrole nitrogens is 1. The highest BCUT2D eigenvalue weighted by Crippen LogP contribution is 2.29. The summed E-state index contributed by atoms with van der Waals surface area (Å²) in [6, 6.07) is 17.3. The van der Waals surface area contributed by atoms with Crippen molar-refractivity contribution in [2.75, 3.05) is 31.1 Å². The summed E-state index contributed by atoms with van der Waals surface area (Å²) < 4.78 is 0. The standard InChI is InChI=1S/C19H21N3/c1-2-5-15(6-3-1)13-16-14-21-19-17(16)7-4-8-18(19)22-11-9-20-10-12-22/h1-8,14,20-21H,9-13H2. The van der Waals surface area contributed by atoms with Crippen LogP contribution in [0.4, 0.5) is 5.69 Å². The van der Waals surface area contributed by atoms with E-state index in [2.05, 4.69) is 69.9 Å². The van der Waals surface area contributed by atoms with Crippen LogP contribution in [-0.2, 0) is 6.42 Å². The Bertz CT molecular complexity index is 755. The van der Waals surface area contributed by atoms with E-state index >= 15 is 0 Å². The highest BCUT2D eigenvalue weighted by molar-refractivity contribution is 5.94. The van der Waals surface area contributed by atoms with Crippen LogP contribution < -0.4 is 10.2 Å². The highest BCUT2D eigenvalue weighted by atomic mass is 15.2. The molecule has 0 spiro atoms. The maximum atomic E-state index is 3.51. The third-order valence-electron chi connectivity index (χ3n) is 4.47. The summed E-state index contributed by atoms with van der Waals surface area (Å²) in [7, 11) is 0. The van der Waals surface area contributed by atoms with E-state index in [9.17, 15) is 0 Å². The lowest BCUT2D eigenvalue weighted by atomic mass is 10.0. The molecule has 0 saturated carbocycles. The zero-order valence-corrected chi connectivity index (χ0v) is 12.7. The molecule has 3 nitrogen and oxygen atoms in total. The number of piperazine rings is 1. The molecule has 22 heavy (non-hydrogen) atoms. The van der Waals surface area contributed by atoms with Crippen LogP contribution in [0.5, 0.6) is 0 Å². The largest absolute Gasteiger partial charge is 0.367 e. The molecule has 1 aliphatic heterocycles. The Morgan fingerprint density at radius 2 is 1.73 bits per heavy atom. The molecule has 2 aromatic carbocycles. The van der Waals surface area contributed by atoms with Crippen molar-refractivity contribution in [3.05, 3.63) is 65.9 Å². The second kappa shape index (κ2) is 5.85. The SMILES string of the molecule is c1ccc(Cc2c[nH]c3c(N4CCNCC4)cccc23)cc1. The number of para-hydroxylation sites is 1. The van der Waals surface area contributed by atoms with Crippen molar-refractivity contribution >= 4 is 16.6 Å². The molecular formula is C19H21N3. The summed E-state index contributed by atoms with van der Waals surface area (Å²) >= 11 is 0. The van der Waals surface area contributed by atoms with Gasteiger partial charge in [-0.25, -0.2) is 0 Å². The second-order valence-electron chi connectivity index (χ2n) is 5.91. The Morgan fingerprint density at radius 3 is 2.55 bits per heavy atom. The van der Waals surface area contributed by atoms with Crippen molar-refractivity contribution in [2.24, 2.45) is 0 Å². The summed E-state index contributed by atoms with van der Waals surface area (Å²) in [5.74, 6) is 0. The molecule has 4 rings (SSSR count). The number of fused-ring (bicyclic) bond motifs is 1. The molecule has 0 amide bonds. The minimum atomic E-state index is 0.978. The van der Waals surface area contributed by atoms with Gasteiger partial charge in [-0.05, 0) is 23.6 Å². The van der Waals surface area contributed by atoms with E-state index in [1.807, 2.05) is 0 Å². The van der Waals surface area contributed by atoms with Crippen LogP contribution in [0.15, 0.2) is 54.7 Å². The first-order valence-electron chi connectivity index (χ1n) is 8.00. The number of anilines is 1. The third kappa shape index (κ3) is 2.48. The minimum absolute atomic E-state index is 0.978. The quantitative estimate of drug-likeness (QED) is 0.776. The van der Waals surface area contributed by atoms with Gasteiger partial charge in [0.15, 0.2) is 0 Å². The molecular weight excluding hydrogens is 270 g/mol. The maximum absolute atomic E-state index is 3.51. The fourth-order valence-electron chi connectivity index (χ4n) is 3.33. The Morgan fingerprint density at radius 1 is 0.909 bits per heavy atom. The predicted octanol–water partition coefficient (Wildman–Crippen LogP) is 3.17. The molecule has 0 unspecified atom stereocenters. The zero-order valence-electron chi connectivity index (χ0n) is 12.7. The van der Waals surface area contributed by atoms with Crippen LogP contribution in [-0.4, -0.2) is 31.2 Å². The number of nitrogens with one attached hydrogen (secondary N) is 2. The topological polar surface area (TPSA) is 31.1 Å². The van der Waals surface area contributed by atoms with Crippen molar-refractivity contribution in [2.45, 2.75) is 6.42 Å². The Labute approximate surface area is 131 Å². The first kappa shape index (κ1) is 13.4. The van der Waals surface area contributed by atoms with Crippen molar-refractivity contribution in [1.82, 2.24) is 10.3 Å². The summed E-state index contributed by atoms with van der Waals surface area (Å²) in [6.07, 6.45) is 3.15. The van der Waals surface area contributed by atoms with E-state index in [4.69, 9.17) is 0 Å². The van der Waals surface area contributed by atoms with Crippen LogP contribution in [0.3, 0.4) is 0 Å².